The van der Waals surface area contributed by atoms with Gasteiger partial charge in [0.25, 0.3) is 0 Å². The molecule has 2 aliphatic heterocycles. The number of nitrogens with one attached hydrogen (secondary N) is 1. The number of amides is 1. The van der Waals surface area contributed by atoms with Crippen molar-refractivity contribution in [3.05, 3.63) is 24.3 Å². The molecule has 0 aliphatic carbocycles. The molecule has 9 N–H and O–H groups in total. The first-order chi connectivity index (χ1) is 33.1. The van der Waals surface area contributed by atoms with Crippen LogP contribution >= 0.6 is 0 Å². The number of ether oxygens (including phenoxy) is 4. The van der Waals surface area contributed by atoms with Crippen LogP contribution < -0.4 is 5.32 Å². The molecule has 2 saturated heterocycles. The van der Waals surface area contributed by atoms with E-state index < -0.39 is 86.8 Å². The molecular weight excluding hydrogens is 871 g/mol. The van der Waals surface area contributed by atoms with E-state index in [4.69, 9.17) is 18.9 Å². The maximum absolute atomic E-state index is 13.2. The van der Waals surface area contributed by atoms with Gasteiger partial charge in [0.15, 0.2) is 12.6 Å². The fourth-order valence-electron chi connectivity index (χ4n) is 9.11. The second-order valence-corrected chi connectivity index (χ2v) is 19.7. The van der Waals surface area contributed by atoms with Gasteiger partial charge in [0.1, 0.15) is 48.8 Å². The molecule has 2 aliphatic rings. The summed E-state index contributed by atoms with van der Waals surface area (Å²) in [6, 6.07) is -0.911. The molecule has 2 rings (SSSR count). The molecule has 14 nitrogen and oxygen atoms in total. The van der Waals surface area contributed by atoms with Crippen molar-refractivity contribution in [2.45, 2.75) is 293 Å². The first-order valence-corrected chi connectivity index (χ1v) is 27.6. The van der Waals surface area contributed by atoms with E-state index in [9.17, 15) is 45.6 Å². The molecule has 0 aromatic carbocycles. The average Bonchev–Trinajstić information content (AvgIpc) is 3.34. The predicted molar refractivity (Wildman–Crippen MR) is 268 cm³/mol. The minimum Gasteiger partial charge on any atom is -0.394 e. The molecular formula is C54H101NO13. The number of carbonyl (C=O) groups excluding carboxylic acids is 1. The van der Waals surface area contributed by atoms with Gasteiger partial charge in [0.2, 0.25) is 5.91 Å². The van der Waals surface area contributed by atoms with Crippen molar-refractivity contribution in [3.8, 4) is 0 Å². The minimum atomic E-state index is -1.79. The van der Waals surface area contributed by atoms with Crippen molar-refractivity contribution in [2.75, 3.05) is 19.8 Å². The van der Waals surface area contributed by atoms with Gasteiger partial charge in [0.05, 0.1) is 32.0 Å². The van der Waals surface area contributed by atoms with E-state index in [1.54, 1.807) is 6.08 Å². The van der Waals surface area contributed by atoms with E-state index in [1.165, 1.54) is 154 Å². The predicted octanol–water partition coefficient (Wildman–Crippen LogP) is 8.11. The Morgan fingerprint density at radius 1 is 0.515 bits per heavy atom. The lowest BCUT2D eigenvalue weighted by Gasteiger charge is -2.46. The summed E-state index contributed by atoms with van der Waals surface area (Å²) in [6.45, 7) is 2.79. The van der Waals surface area contributed by atoms with Crippen LogP contribution in [0.2, 0.25) is 0 Å². The second-order valence-electron chi connectivity index (χ2n) is 19.7. The Morgan fingerprint density at radius 3 is 1.40 bits per heavy atom. The third kappa shape index (κ3) is 27.3. The van der Waals surface area contributed by atoms with E-state index in [0.717, 1.165) is 38.5 Å². The van der Waals surface area contributed by atoms with Crippen molar-refractivity contribution in [1.29, 1.82) is 0 Å². The van der Waals surface area contributed by atoms with Gasteiger partial charge in [0, 0.05) is 6.42 Å². The Bertz CT molecular complexity index is 1240. The molecule has 1 amide bonds. The Labute approximate surface area is 411 Å². The molecule has 0 radical (unpaired) electrons. The quantitative estimate of drug-likeness (QED) is 0.0208. The topological polar surface area (TPSA) is 228 Å². The maximum Gasteiger partial charge on any atom is 0.220 e. The fraction of sp³-hybridized carbons (Fsp3) is 0.907. The van der Waals surface area contributed by atoms with Gasteiger partial charge in [-0.15, -0.1) is 0 Å². The number of aliphatic hydroxyl groups excluding tert-OH is 8. The number of hydrogen-bond donors (Lipinski definition) is 9. The number of rotatable bonds is 43. The Balaban J connectivity index is 1.78. The summed E-state index contributed by atoms with van der Waals surface area (Å²) in [5.41, 5.74) is 0. The molecule has 2 heterocycles. The van der Waals surface area contributed by atoms with Crippen LogP contribution in [0.5, 0.6) is 0 Å². The highest BCUT2D eigenvalue weighted by molar-refractivity contribution is 5.76. The number of unbranched alkanes of at least 4 members (excludes halogenated alkanes) is 28. The lowest BCUT2D eigenvalue weighted by Crippen LogP contribution is -2.65. The average molecular weight is 972 g/mol. The molecule has 0 aromatic rings. The van der Waals surface area contributed by atoms with Gasteiger partial charge in [-0.1, -0.05) is 192 Å². The summed E-state index contributed by atoms with van der Waals surface area (Å²) < 4.78 is 22.7. The van der Waals surface area contributed by atoms with Gasteiger partial charge in [-0.05, 0) is 44.9 Å². The lowest BCUT2D eigenvalue weighted by molar-refractivity contribution is -0.359. The van der Waals surface area contributed by atoms with Crippen LogP contribution in [0.15, 0.2) is 24.3 Å². The largest absolute Gasteiger partial charge is 0.394 e. The van der Waals surface area contributed by atoms with E-state index in [-0.39, 0.29) is 18.9 Å². The summed E-state index contributed by atoms with van der Waals surface area (Å²) >= 11 is 0. The Morgan fingerprint density at radius 2 is 0.926 bits per heavy atom. The van der Waals surface area contributed by atoms with E-state index in [2.05, 4.69) is 31.3 Å². The number of carbonyl (C=O) groups is 1. The van der Waals surface area contributed by atoms with Gasteiger partial charge >= 0.3 is 0 Å². The van der Waals surface area contributed by atoms with E-state index >= 15 is 0 Å². The number of aliphatic hydroxyl groups is 8. The van der Waals surface area contributed by atoms with E-state index in [0.29, 0.717) is 6.42 Å². The molecule has 2 fully saturated rings. The molecule has 0 bridgehead atoms. The molecule has 68 heavy (non-hydrogen) atoms. The smallest absolute Gasteiger partial charge is 0.220 e. The van der Waals surface area contributed by atoms with Gasteiger partial charge in [-0.3, -0.25) is 4.79 Å². The van der Waals surface area contributed by atoms with Crippen LogP contribution in [0.3, 0.4) is 0 Å². The summed E-state index contributed by atoms with van der Waals surface area (Å²) in [5, 5.41) is 86.8. The molecule has 14 heteroatoms. The third-order valence-electron chi connectivity index (χ3n) is 13.6. The van der Waals surface area contributed by atoms with Crippen LogP contribution in [0, 0.1) is 0 Å². The molecule has 0 aromatic heterocycles. The Kier molecular flexibility index (Phi) is 37.7. The monoisotopic (exact) mass is 972 g/mol. The Hall–Kier alpha value is -1.53. The third-order valence-corrected chi connectivity index (χ3v) is 13.6. The summed E-state index contributed by atoms with van der Waals surface area (Å²) in [7, 11) is 0. The van der Waals surface area contributed by atoms with Crippen LogP contribution in [-0.4, -0.2) is 140 Å². The van der Waals surface area contributed by atoms with Crippen LogP contribution in [0.1, 0.15) is 219 Å². The molecule has 400 valence electrons. The summed E-state index contributed by atoms with van der Waals surface area (Å²) in [5.74, 6) is -0.240. The molecule has 4 unspecified atom stereocenters. The second kappa shape index (κ2) is 41.0. The SMILES string of the molecule is CCCCCCCC/C=C\CCCCCCCCCCCCCC(=O)N[C@@H](CO[C@@H]1OC(CO)[C@@H](O[C@@H]2OC(CO)[C@H](O)C(O)[C@@H]2O)[C@H](O)C1O)[C@H](O)/C=C/CCCCCCCCCCCCC. The van der Waals surface area contributed by atoms with Crippen molar-refractivity contribution in [1.82, 2.24) is 5.32 Å². The van der Waals surface area contributed by atoms with Crippen LogP contribution in [0.25, 0.3) is 0 Å². The zero-order valence-corrected chi connectivity index (χ0v) is 42.6. The highest BCUT2D eigenvalue weighted by atomic mass is 16.7. The zero-order valence-electron chi connectivity index (χ0n) is 42.6. The van der Waals surface area contributed by atoms with E-state index in [1.807, 2.05) is 6.08 Å². The number of allylic oxidation sites excluding steroid dienone is 3. The summed E-state index contributed by atoms with van der Waals surface area (Å²) in [6.07, 6.45) is 29.3. The van der Waals surface area contributed by atoms with Crippen molar-refractivity contribution in [2.24, 2.45) is 0 Å². The minimum absolute atomic E-state index is 0.240. The molecule has 0 saturated carbocycles. The normalized spacial score (nSPS) is 26.5. The van der Waals surface area contributed by atoms with Gasteiger partial charge in [-0.25, -0.2) is 0 Å². The standard InChI is InChI=1S/C54H101NO13/c1-3-5-7-9-11-13-15-17-18-19-20-21-22-23-24-26-28-30-32-34-36-38-46(59)55-42(43(58)37-35-33-31-29-27-25-16-14-12-10-8-6-4-2)41-65-53-51(64)49(62)52(45(40-57)67-53)68-54-50(63)48(61)47(60)44(39-56)66-54/h17-18,35,37,42-45,47-54,56-58,60-64H,3-16,19-34,36,38-41H2,1-2H3,(H,55,59)/b18-17-,37-35+/t42-,43+,44?,45?,47-,48?,49+,50-,51?,52+,53+,54-/m0/s1. The van der Waals surface area contributed by atoms with Crippen LogP contribution in [-0.2, 0) is 23.7 Å². The zero-order chi connectivity index (χ0) is 49.6. The van der Waals surface area contributed by atoms with Crippen molar-refractivity contribution in [3.63, 3.8) is 0 Å². The van der Waals surface area contributed by atoms with Crippen molar-refractivity contribution < 1.29 is 64.6 Å². The number of hydrogen-bond acceptors (Lipinski definition) is 13. The first kappa shape index (κ1) is 62.6. The highest BCUT2D eigenvalue weighted by Crippen LogP contribution is 2.30. The maximum atomic E-state index is 13.2. The summed E-state index contributed by atoms with van der Waals surface area (Å²) in [4.78, 5) is 13.2. The van der Waals surface area contributed by atoms with Crippen molar-refractivity contribution >= 4 is 5.91 Å². The lowest BCUT2D eigenvalue weighted by atomic mass is 9.97. The first-order valence-electron chi connectivity index (χ1n) is 27.6. The highest BCUT2D eigenvalue weighted by Gasteiger charge is 2.51. The molecule has 0 spiro atoms. The fourth-order valence-corrected chi connectivity index (χ4v) is 9.11. The van der Waals surface area contributed by atoms with Gasteiger partial charge in [-0.2, -0.15) is 0 Å². The van der Waals surface area contributed by atoms with Crippen LogP contribution in [0.4, 0.5) is 0 Å². The molecule has 12 atom stereocenters. The van der Waals surface area contributed by atoms with Gasteiger partial charge < -0.3 is 65.1 Å².